The minimum atomic E-state index is 0.648. The highest BCUT2D eigenvalue weighted by Crippen LogP contribution is 2.25. The topological polar surface area (TPSA) is 39.9 Å². The zero-order chi connectivity index (χ0) is 11.7. The van der Waals surface area contributed by atoms with Gasteiger partial charge in [-0.15, -0.1) is 0 Å². The molecule has 0 saturated carbocycles. The maximum absolute atomic E-state index is 8.86. The van der Waals surface area contributed by atoms with E-state index in [9.17, 15) is 0 Å². The summed E-state index contributed by atoms with van der Waals surface area (Å²) >= 11 is 0. The average molecular weight is 211 g/mol. The van der Waals surface area contributed by atoms with Crippen LogP contribution in [0.15, 0.2) is 24.3 Å². The molecule has 16 heavy (non-hydrogen) atoms. The molecular formula is C13H13N3. The summed E-state index contributed by atoms with van der Waals surface area (Å²) in [4.78, 5) is 6.51. The Morgan fingerprint density at radius 2 is 2.00 bits per heavy atom. The maximum atomic E-state index is 8.86. The molecule has 3 nitrogen and oxygen atoms in total. The third-order valence-electron chi connectivity index (χ3n) is 2.53. The van der Waals surface area contributed by atoms with Crippen molar-refractivity contribution in [3.05, 3.63) is 35.5 Å². The summed E-state index contributed by atoms with van der Waals surface area (Å²) in [6, 6.07) is 9.79. The lowest BCUT2D eigenvalue weighted by atomic mass is 10.1. The average Bonchev–Trinajstić information content (AvgIpc) is 2.26. The molecule has 0 aliphatic rings. The zero-order valence-corrected chi connectivity index (χ0v) is 9.65. The molecule has 2 rings (SSSR count). The Morgan fingerprint density at radius 3 is 2.62 bits per heavy atom. The first kappa shape index (κ1) is 10.4. The normalized spacial score (nSPS) is 10.1. The van der Waals surface area contributed by atoms with Crippen LogP contribution in [-0.2, 0) is 0 Å². The van der Waals surface area contributed by atoms with Gasteiger partial charge in [-0.1, -0.05) is 0 Å². The number of aromatic nitrogens is 1. The molecule has 0 atom stereocenters. The van der Waals surface area contributed by atoms with Crippen molar-refractivity contribution in [3.8, 4) is 6.07 Å². The molecule has 0 N–H and O–H groups in total. The van der Waals surface area contributed by atoms with Gasteiger partial charge < -0.3 is 4.90 Å². The Kier molecular flexibility index (Phi) is 2.49. The number of aryl methyl sites for hydroxylation is 1. The van der Waals surface area contributed by atoms with Crippen molar-refractivity contribution in [2.75, 3.05) is 19.0 Å². The summed E-state index contributed by atoms with van der Waals surface area (Å²) in [6.45, 7) is 1.96. The molecule has 1 heterocycles. The Bertz CT molecular complexity index is 579. The van der Waals surface area contributed by atoms with Gasteiger partial charge in [-0.2, -0.15) is 5.26 Å². The van der Waals surface area contributed by atoms with Gasteiger partial charge in [0.05, 0.1) is 17.1 Å². The number of rotatable bonds is 1. The zero-order valence-electron chi connectivity index (χ0n) is 9.65. The Labute approximate surface area is 94.9 Å². The number of anilines is 1. The van der Waals surface area contributed by atoms with Crippen LogP contribution in [0.2, 0.25) is 0 Å². The molecule has 0 aliphatic heterocycles. The van der Waals surface area contributed by atoms with Crippen molar-refractivity contribution < 1.29 is 0 Å². The van der Waals surface area contributed by atoms with Crippen molar-refractivity contribution in [1.29, 1.82) is 5.26 Å². The summed E-state index contributed by atoms with van der Waals surface area (Å²) in [5, 5.41) is 9.93. The molecule has 0 fully saturated rings. The molecule has 2 aromatic rings. The van der Waals surface area contributed by atoms with Gasteiger partial charge in [0, 0.05) is 30.9 Å². The molecule has 3 heteroatoms. The van der Waals surface area contributed by atoms with Crippen LogP contribution >= 0.6 is 0 Å². The lowest BCUT2D eigenvalue weighted by molar-refractivity contribution is 1.12. The van der Waals surface area contributed by atoms with E-state index in [1.54, 1.807) is 0 Å². The van der Waals surface area contributed by atoms with Crippen LogP contribution in [0, 0.1) is 18.3 Å². The summed E-state index contributed by atoms with van der Waals surface area (Å²) in [7, 11) is 4.01. The van der Waals surface area contributed by atoms with Crippen LogP contribution in [0.4, 0.5) is 5.69 Å². The van der Waals surface area contributed by atoms with Crippen molar-refractivity contribution in [3.63, 3.8) is 0 Å². The highest BCUT2D eigenvalue weighted by atomic mass is 15.1. The van der Waals surface area contributed by atoms with E-state index >= 15 is 0 Å². The van der Waals surface area contributed by atoms with E-state index in [-0.39, 0.29) is 0 Å². The van der Waals surface area contributed by atoms with E-state index in [1.807, 2.05) is 45.3 Å². The number of pyridine rings is 1. The lowest BCUT2D eigenvalue weighted by Crippen LogP contribution is -2.09. The van der Waals surface area contributed by atoms with Crippen LogP contribution in [0.5, 0.6) is 0 Å². The molecule has 0 saturated heterocycles. The fraction of sp³-hybridized carbons (Fsp3) is 0.231. The standard InChI is InChI=1S/C13H13N3/c1-9-6-13(16(2)3)11-5-4-10(8-14)7-12(11)15-9/h4-7H,1-3H3. The Hall–Kier alpha value is -2.08. The number of hydrogen-bond donors (Lipinski definition) is 0. The number of fused-ring (bicyclic) bond motifs is 1. The third kappa shape index (κ3) is 1.70. The number of nitriles is 1. The van der Waals surface area contributed by atoms with Gasteiger partial charge >= 0.3 is 0 Å². The SMILES string of the molecule is Cc1cc(N(C)C)c2ccc(C#N)cc2n1. The number of nitrogens with zero attached hydrogens (tertiary/aromatic N) is 3. The molecule has 1 aromatic heterocycles. The van der Waals surface area contributed by atoms with Gasteiger partial charge in [0.15, 0.2) is 0 Å². The van der Waals surface area contributed by atoms with E-state index in [1.165, 1.54) is 0 Å². The highest BCUT2D eigenvalue weighted by Gasteiger charge is 2.06. The predicted octanol–water partition coefficient (Wildman–Crippen LogP) is 2.48. The van der Waals surface area contributed by atoms with Crippen LogP contribution in [0.1, 0.15) is 11.3 Å². The summed E-state index contributed by atoms with van der Waals surface area (Å²) < 4.78 is 0. The van der Waals surface area contributed by atoms with Crippen LogP contribution in [0.3, 0.4) is 0 Å². The highest BCUT2D eigenvalue weighted by molar-refractivity contribution is 5.92. The molecule has 0 amide bonds. The summed E-state index contributed by atoms with van der Waals surface area (Å²) in [5.41, 5.74) is 3.62. The summed E-state index contributed by atoms with van der Waals surface area (Å²) in [6.07, 6.45) is 0. The van der Waals surface area contributed by atoms with Gasteiger partial charge in [0.1, 0.15) is 0 Å². The minimum Gasteiger partial charge on any atom is -0.377 e. The molecule has 80 valence electrons. The first-order valence-electron chi connectivity index (χ1n) is 5.10. The molecular weight excluding hydrogens is 198 g/mol. The minimum absolute atomic E-state index is 0.648. The van der Waals surface area contributed by atoms with Crippen molar-refractivity contribution in [1.82, 2.24) is 4.98 Å². The second-order valence-corrected chi connectivity index (χ2v) is 4.02. The first-order valence-corrected chi connectivity index (χ1v) is 5.10. The van der Waals surface area contributed by atoms with Gasteiger partial charge in [-0.05, 0) is 31.2 Å². The van der Waals surface area contributed by atoms with Crippen molar-refractivity contribution in [2.45, 2.75) is 6.92 Å². The summed E-state index contributed by atoms with van der Waals surface area (Å²) in [5.74, 6) is 0. The van der Waals surface area contributed by atoms with E-state index in [4.69, 9.17) is 5.26 Å². The lowest BCUT2D eigenvalue weighted by Gasteiger charge is -2.16. The quantitative estimate of drug-likeness (QED) is 0.727. The van der Waals surface area contributed by atoms with E-state index < -0.39 is 0 Å². The molecule has 0 aliphatic carbocycles. The fourth-order valence-corrected chi connectivity index (χ4v) is 1.78. The molecule has 0 bridgehead atoms. The fourth-order valence-electron chi connectivity index (χ4n) is 1.78. The Morgan fingerprint density at radius 1 is 1.25 bits per heavy atom. The second-order valence-electron chi connectivity index (χ2n) is 4.02. The van der Waals surface area contributed by atoms with Crippen LogP contribution in [0.25, 0.3) is 10.9 Å². The predicted molar refractivity (Wildman–Crippen MR) is 65.5 cm³/mol. The van der Waals surface area contributed by atoms with Gasteiger partial charge in [-0.3, -0.25) is 4.98 Å². The third-order valence-corrected chi connectivity index (χ3v) is 2.53. The number of hydrogen-bond acceptors (Lipinski definition) is 3. The second kappa shape index (κ2) is 3.82. The van der Waals surface area contributed by atoms with Crippen molar-refractivity contribution >= 4 is 16.6 Å². The van der Waals surface area contributed by atoms with Crippen LogP contribution < -0.4 is 4.90 Å². The van der Waals surface area contributed by atoms with Crippen LogP contribution in [-0.4, -0.2) is 19.1 Å². The van der Waals surface area contributed by atoms with E-state index in [0.717, 1.165) is 22.3 Å². The Balaban J connectivity index is 2.79. The largest absolute Gasteiger partial charge is 0.377 e. The van der Waals surface area contributed by atoms with Gasteiger partial charge in [0.2, 0.25) is 0 Å². The first-order chi connectivity index (χ1) is 7.61. The molecule has 0 spiro atoms. The smallest absolute Gasteiger partial charge is 0.0992 e. The monoisotopic (exact) mass is 211 g/mol. The maximum Gasteiger partial charge on any atom is 0.0992 e. The van der Waals surface area contributed by atoms with Gasteiger partial charge in [-0.25, -0.2) is 0 Å². The molecule has 0 radical (unpaired) electrons. The van der Waals surface area contributed by atoms with E-state index in [0.29, 0.717) is 5.56 Å². The van der Waals surface area contributed by atoms with Crippen molar-refractivity contribution in [2.24, 2.45) is 0 Å². The molecule has 1 aromatic carbocycles. The van der Waals surface area contributed by atoms with E-state index in [2.05, 4.69) is 16.0 Å². The number of benzene rings is 1. The molecule has 0 unspecified atom stereocenters. The van der Waals surface area contributed by atoms with Gasteiger partial charge in [0.25, 0.3) is 0 Å².